The third kappa shape index (κ3) is 4.22. The molecular formula is C22H26FN3O4S. The Balaban J connectivity index is 1.43. The molecule has 7 nitrogen and oxygen atoms in total. The van der Waals surface area contributed by atoms with Crippen LogP contribution < -0.4 is 5.32 Å². The molecule has 31 heavy (non-hydrogen) atoms. The summed E-state index contributed by atoms with van der Waals surface area (Å²) < 4.78 is 47.6. The SMILES string of the molecule is Cc1ccc(S(=O)(=O)N2CCC3(CCC(C(=O)Nc4cccnc4)O3)C(C)C2)cc1F. The lowest BCUT2D eigenvalue weighted by Crippen LogP contribution is -2.52. The van der Waals surface area contributed by atoms with Crippen LogP contribution in [0.2, 0.25) is 0 Å². The number of nitrogens with one attached hydrogen (secondary N) is 1. The number of pyridine rings is 1. The molecule has 0 saturated carbocycles. The highest BCUT2D eigenvalue weighted by Crippen LogP contribution is 2.43. The van der Waals surface area contributed by atoms with Gasteiger partial charge in [0.15, 0.2) is 0 Å². The number of hydrogen-bond acceptors (Lipinski definition) is 5. The highest BCUT2D eigenvalue weighted by atomic mass is 32.2. The number of rotatable bonds is 4. The molecule has 4 rings (SSSR count). The minimum atomic E-state index is -3.80. The van der Waals surface area contributed by atoms with Crippen molar-refractivity contribution in [2.75, 3.05) is 18.4 Å². The second kappa shape index (κ2) is 8.29. The highest BCUT2D eigenvalue weighted by Gasteiger charge is 2.50. The number of benzene rings is 1. The average Bonchev–Trinajstić information content (AvgIpc) is 3.18. The van der Waals surface area contributed by atoms with E-state index in [1.807, 2.05) is 6.92 Å². The van der Waals surface area contributed by atoms with Crippen molar-refractivity contribution in [3.8, 4) is 0 Å². The molecule has 2 aromatic rings. The molecule has 1 amide bonds. The quantitative estimate of drug-likeness (QED) is 0.778. The first-order chi connectivity index (χ1) is 14.7. The Morgan fingerprint density at radius 1 is 1.32 bits per heavy atom. The lowest BCUT2D eigenvalue weighted by atomic mass is 9.81. The fraction of sp³-hybridized carbons (Fsp3) is 0.455. The Labute approximate surface area is 181 Å². The number of ether oxygens (including phenoxy) is 1. The van der Waals surface area contributed by atoms with Crippen LogP contribution in [0.4, 0.5) is 10.1 Å². The zero-order valence-electron chi connectivity index (χ0n) is 17.5. The molecular weight excluding hydrogens is 421 g/mol. The van der Waals surface area contributed by atoms with Crippen LogP contribution in [0.25, 0.3) is 0 Å². The molecule has 9 heteroatoms. The lowest BCUT2D eigenvalue weighted by molar-refractivity contribution is -0.140. The van der Waals surface area contributed by atoms with Crippen LogP contribution in [0.1, 0.15) is 31.7 Å². The molecule has 2 aliphatic rings. The second-order valence-corrected chi connectivity index (χ2v) is 10.3. The molecule has 1 N–H and O–H groups in total. The second-order valence-electron chi connectivity index (χ2n) is 8.37. The zero-order valence-corrected chi connectivity index (χ0v) is 18.4. The van der Waals surface area contributed by atoms with Gasteiger partial charge < -0.3 is 10.1 Å². The van der Waals surface area contributed by atoms with E-state index in [2.05, 4.69) is 10.3 Å². The van der Waals surface area contributed by atoms with Crippen molar-refractivity contribution in [3.63, 3.8) is 0 Å². The number of aryl methyl sites for hydroxylation is 1. The Bertz CT molecular complexity index is 1080. The number of amides is 1. The molecule has 1 spiro atoms. The Morgan fingerprint density at radius 2 is 2.13 bits per heavy atom. The van der Waals surface area contributed by atoms with Gasteiger partial charge in [0.2, 0.25) is 10.0 Å². The summed E-state index contributed by atoms with van der Waals surface area (Å²) in [5.41, 5.74) is 0.470. The summed E-state index contributed by atoms with van der Waals surface area (Å²) in [4.78, 5) is 16.6. The number of aromatic nitrogens is 1. The molecule has 1 aromatic carbocycles. The predicted molar refractivity (Wildman–Crippen MR) is 113 cm³/mol. The lowest BCUT2D eigenvalue weighted by Gasteiger charge is -2.43. The van der Waals surface area contributed by atoms with Crippen molar-refractivity contribution in [3.05, 3.63) is 54.1 Å². The van der Waals surface area contributed by atoms with Crippen LogP contribution in [0.5, 0.6) is 0 Å². The number of hydrogen-bond donors (Lipinski definition) is 1. The zero-order chi connectivity index (χ0) is 22.2. The van der Waals surface area contributed by atoms with E-state index in [4.69, 9.17) is 4.74 Å². The molecule has 1 aromatic heterocycles. The monoisotopic (exact) mass is 447 g/mol. The topological polar surface area (TPSA) is 88.6 Å². The van der Waals surface area contributed by atoms with Crippen molar-refractivity contribution in [2.45, 2.75) is 49.7 Å². The molecule has 0 aliphatic carbocycles. The standard InChI is InChI=1S/C22H26FN3O4S/c1-15-5-6-18(12-19(15)23)31(28,29)26-11-9-22(16(2)14-26)8-7-20(30-22)21(27)25-17-4-3-10-24-13-17/h3-6,10,12-13,16,20H,7-9,11,14H2,1-2H3,(H,25,27). The van der Waals surface area contributed by atoms with Crippen molar-refractivity contribution in [1.29, 1.82) is 0 Å². The first-order valence-corrected chi connectivity index (χ1v) is 11.8. The molecule has 3 unspecified atom stereocenters. The van der Waals surface area contributed by atoms with E-state index in [-0.39, 0.29) is 29.8 Å². The number of halogens is 1. The fourth-order valence-electron chi connectivity index (χ4n) is 4.39. The van der Waals surface area contributed by atoms with Gasteiger partial charge in [-0.25, -0.2) is 12.8 Å². The minimum Gasteiger partial charge on any atom is -0.362 e. The summed E-state index contributed by atoms with van der Waals surface area (Å²) in [6.45, 7) is 4.06. The average molecular weight is 448 g/mol. The molecule has 166 valence electrons. The largest absolute Gasteiger partial charge is 0.362 e. The van der Waals surface area contributed by atoms with Gasteiger partial charge in [0.25, 0.3) is 5.91 Å². The summed E-state index contributed by atoms with van der Waals surface area (Å²) in [7, 11) is -3.80. The van der Waals surface area contributed by atoms with Crippen molar-refractivity contribution < 1.29 is 22.3 Å². The Kier molecular flexibility index (Phi) is 5.85. The number of piperidine rings is 1. The molecule has 2 saturated heterocycles. The molecule has 3 heterocycles. The number of carbonyl (C=O) groups is 1. The third-order valence-corrected chi connectivity index (χ3v) is 8.23. The van der Waals surface area contributed by atoms with Crippen LogP contribution in [0.15, 0.2) is 47.6 Å². The van der Waals surface area contributed by atoms with Crippen molar-refractivity contribution >= 4 is 21.6 Å². The van der Waals surface area contributed by atoms with Gasteiger partial charge in [-0.1, -0.05) is 13.0 Å². The fourth-order valence-corrected chi connectivity index (χ4v) is 5.93. The van der Waals surface area contributed by atoms with E-state index < -0.39 is 27.5 Å². The molecule has 2 aliphatic heterocycles. The van der Waals surface area contributed by atoms with Gasteiger partial charge in [0.05, 0.1) is 22.4 Å². The molecule has 3 atom stereocenters. The van der Waals surface area contributed by atoms with E-state index in [1.165, 1.54) is 16.4 Å². The number of sulfonamides is 1. The van der Waals surface area contributed by atoms with Crippen LogP contribution in [-0.2, 0) is 19.6 Å². The number of anilines is 1. The van der Waals surface area contributed by atoms with Gasteiger partial charge in [-0.05, 0) is 61.9 Å². The third-order valence-electron chi connectivity index (χ3n) is 6.37. The predicted octanol–water partition coefficient (Wildman–Crippen LogP) is 3.12. The number of carbonyl (C=O) groups excluding carboxylic acids is 1. The minimum absolute atomic E-state index is 0.0418. The van der Waals surface area contributed by atoms with Gasteiger partial charge in [-0.15, -0.1) is 0 Å². The van der Waals surface area contributed by atoms with E-state index in [0.717, 1.165) is 6.07 Å². The van der Waals surface area contributed by atoms with Crippen LogP contribution in [0, 0.1) is 18.7 Å². The first-order valence-electron chi connectivity index (χ1n) is 10.4. The Hall–Kier alpha value is -2.36. The normalized spacial score (nSPS) is 26.8. The van der Waals surface area contributed by atoms with Crippen LogP contribution in [0.3, 0.4) is 0 Å². The maximum atomic E-state index is 13.9. The summed E-state index contributed by atoms with van der Waals surface area (Å²) in [5, 5.41) is 2.82. The van der Waals surface area contributed by atoms with E-state index in [0.29, 0.717) is 30.5 Å². The smallest absolute Gasteiger partial charge is 0.253 e. The van der Waals surface area contributed by atoms with Gasteiger partial charge in [-0.2, -0.15) is 4.31 Å². The summed E-state index contributed by atoms with van der Waals surface area (Å²) in [6.07, 6.45) is 4.36. The van der Waals surface area contributed by atoms with Crippen LogP contribution >= 0.6 is 0 Å². The van der Waals surface area contributed by atoms with E-state index in [9.17, 15) is 17.6 Å². The Morgan fingerprint density at radius 3 is 2.81 bits per heavy atom. The molecule has 2 fully saturated rings. The van der Waals surface area contributed by atoms with Gasteiger partial charge in [-0.3, -0.25) is 9.78 Å². The maximum Gasteiger partial charge on any atom is 0.253 e. The van der Waals surface area contributed by atoms with Gasteiger partial charge in [0.1, 0.15) is 11.9 Å². The molecule has 0 bridgehead atoms. The molecule has 0 radical (unpaired) electrons. The van der Waals surface area contributed by atoms with E-state index in [1.54, 1.807) is 31.5 Å². The summed E-state index contributed by atoms with van der Waals surface area (Å²) >= 11 is 0. The number of nitrogens with zero attached hydrogens (tertiary/aromatic N) is 2. The summed E-state index contributed by atoms with van der Waals surface area (Å²) in [5.74, 6) is -0.867. The first kappa shape index (κ1) is 21.9. The van der Waals surface area contributed by atoms with E-state index >= 15 is 0 Å². The highest BCUT2D eigenvalue weighted by molar-refractivity contribution is 7.89. The van der Waals surface area contributed by atoms with Gasteiger partial charge in [0, 0.05) is 19.3 Å². The summed E-state index contributed by atoms with van der Waals surface area (Å²) in [6, 6.07) is 7.49. The van der Waals surface area contributed by atoms with Crippen molar-refractivity contribution in [2.24, 2.45) is 5.92 Å². The van der Waals surface area contributed by atoms with Gasteiger partial charge >= 0.3 is 0 Å². The van der Waals surface area contributed by atoms with Crippen LogP contribution in [-0.4, -0.2) is 48.4 Å². The van der Waals surface area contributed by atoms with Crippen molar-refractivity contribution in [1.82, 2.24) is 9.29 Å². The maximum absolute atomic E-state index is 13.9.